The zero-order chi connectivity index (χ0) is 109. The van der Waals surface area contributed by atoms with Gasteiger partial charge >= 0.3 is 29.9 Å². The number of nitrogens with zero attached hydrogens (tertiary/aromatic N) is 2. The summed E-state index contributed by atoms with van der Waals surface area (Å²) in [5, 5.41) is 146. The Labute approximate surface area is 870 Å². The van der Waals surface area contributed by atoms with Crippen molar-refractivity contribution in [3.05, 3.63) is 192 Å². The van der Waals surface area contributed by atoms with Crippen molar-refractivity contribution >= 4 is 130 Å². The van der Waals surface area contributed by atoms with Gasteiger partial charge in [0, 0.05) is 124 Å². The van der Waals surface area contributed by atoms with Crippen molar-refractivity contribution in [2.45, 2.75) is 260 Å². The van der Waals surface area contributed by atoms with Crippen molar-refractivity contribution in [1.82, 2.24) is 31.9 Å². The molecule has 1 aliphatic carbocycles. The van der Waals surface area contributed by atoms with Gasteiger partial charge in [-0.2, -0.15) is 12.6 Å². The first-order valence-electron chi connectivity index (χ1n) is 50.0. The third-order valence-electron chi connectivity index (χ3n) is 25.8. The molecule has 0 spiro atoms. The minimum absolute atomic E-state index is 0.0909. The number of esters is 1. The van der Waals surface area contributed by atoms with E-state index in [-0.39, 0.29) is 73.4 Å². The van der Waals surface area contributed by atoms with Gasteiger partial charge in [-0.3, -0.25) is 67.1 Å². The van der Waals surface area contributed by atoms with Gasteiger partial charge in [-0.25, -0.2) is 4.79 Å². The smallest absolute Gasteiger partial charge is 0.319 e. The Morgan fingerprint density at radius 2 is 1.01 bits per heavy atom. The summed E-state index contributed by atoms with van der Waals surface area (Å²) in [7, 11) is 0. The molecule has 20 N–H and O–H groups in total. The molecule has 6 aromatic carbocycles. The lowest BCUT2D eigenvalue weighted by atomic mass is 9.84. The molecule has 1 heterocycles. The van der Waals surface area contributed by atoms with Crippen LogP contribution in [0.4, 0.5) is 21.9 Å². The monoisotopic (exact) mass is 2100 g/mol. The van der Waals surface area contributed by atoms with Crippen LogP contribution in [0.5, 0.6) is 5.75 Å². The normalized spacial score (nSPS) is 16.1. The van der Waals surface area contributed by atoms with Crippen molar-refractivity contribution < 1.29 is 148 Å². The van der Waals surface area contributed by atoms with Crippen molar-refractivity contribution in [2.24, 2.45) is 29.1 Å². The number of carbonyl (C=O) groups excluding carboxylic acids is 12. The highest BCUT2D eigenvalue weighted by Gasteiger charge is 2.43. The number of para-hydroxylation sites is 2. The number of hydrogen-bond acceptors (Lipinski definition) is 30. The van der Waals surface area contributed by atoms with E-state index >= 15 is 0 Å². The van der Waals surface area contributed by atoms with Crippen molar-refractivity contribution in [1.29, 1.82) is 0 Å². The molecule has 1 unspecified atom stereocenters. The second kappa shape index (κ2) is 63.0. The number of unbranched alkanes of at least 4 members (excludes halogenated alkanes) is 4. The van der Waals surface area contributed by atoms with Crippen molar-refractivity contribution in [2.75, 3.05) is 79.2 Å². The summed E-state index contributed by atoms with van der Waals surface area (Å²) in [5.41, 5.74) is 5.61. The molecule has 2 aliphatic rings. The summed E-state index contributed by atoms with van der Waals surface area (Å²) in [6.45, 7) is 6.73. The molecule has 1 fully saturated rings. The van der Waals surface area contributed by atoms with Gasteiger partial charge in [0.05, 0.1) is 78.6 Å². The van der Waals surface area contributed by atoms with Crippen LogP contribution in [0.25, 0.3) is 0 Å². The number of benzene rings is 6. The number of rotatable bonds is 63. The molecular formula is C107H145N9O30S2. The standard InChI is InChI=1S/C75H113N9O27S.C32H32O3S/c1-75(2,3)60(94)38-84-53-21-12-11-20-52(53)83(47-17-8-7-9-18-47)37-51(72(84)108)82-74(111)79-46-16-14-15-42(31-46)69(105)76-30-13-6-4-5-10-19-48(87)32-43(22-28-63(97)98)70(106)80-49(24-26-61(95)77-35-56(90)65(101)67(103)58(92)39-85)54(88)33-44(23-29-64(99)100)71(107)81-50(55(89)34-45(41-112)73(109)110)25-27-62(96)78-36-57(91)66(102)68(104)59(93)40-86;1-3-34-30-21-19-26(20-22-30)23-35-31(33)25(2)24-36-32(27-13-7-4-8-14-27,28-15-9-5-10-16-28)29-17-11-6-12-18-29/h11-12,14-16,20-21,31,43-45,47,49-51,56-59,65-68,85-86,90-93,101-104,112H,4-10,13,17-19,22-30,32-41H2,1-3H3,(H,76,105)(H,77,95)(H,78,96)(H,80,106)(H,81,107)(H,97,98)(H,99,100)(H,109,110)(H2,79,82,111);4-22,25H,3,23-24H2,1-2H3/t43-,44-,45-,49+,50+,51+,56-,57-,58+,59+,65+,66+,67+,68+;/m0./s1. The Bertz CT molecular complexity index is 5180. The zero-order valence-corrected chi connectivity index (χ0v) is 85.9. The molecule has 1 aliphatic heterocycles. The number of carboxylic acids is 3. The average Bonchev–Trinajstić information content (AvgIpc) is 0.819. The number of carbonyl (C=O) groups is 15. The largest absolute Gasteiger partial charge is 0.494 e. The summed E-state index contributed by atoms with van der Waals surface area (Å²) >= 11 is 5.75. The summed E-state index contributed by atoms with van der Waals surface area (Å²) < 4.78 is 10.7. The number of aliphatic hydroxyl groups excluding tert-OH is 10. The minimum Gasteiger partial charge on any atom is -0.494 e. The van der Waals surface area contributed by atoms with Crippen LogP contribution in [-0.4, -0.2) is 292 Å². The van der Waals surface area contributed by atoms with Gasteiger partial charge in [0.1, 0.15) is 60.8 Å². The Morgan fingerprint density at radius 3 is 1.49 bits per heavy atom. The van der Waals surface area contributed by atoms with E-state index in [1.807, 2.05) is 80.6 Å². The average molecular weight is 2100 g/mol. The van der Waals surface area contributed by atoms with Crippen LogP contribution in [0.15, 0.2) is 164 Å². The maximum absolute atomic E-state index is 14.5. The first-order valence-corrected chi connectivity index (χ1v) is 51.7. The topological polar surface area (TPSA) is 628 Å². The summed E-state index contributed by atoms with van der Waals surface area (Å²) in [6.07, 6.45) is -16.3. The van der Waals surface area contributed by atoms with Crippen LogP contribution < -0.4 is 51.8 Å². The van der Waals surface area contributed by atoms with E-state index in [4.69, 9.17) is 19.7 Å². The zero-order valence-electron chi connectivity index (χ0n) is 84.2. The third kappa shape index (κ3) is 39.7. The Balaban J connectivity index is 0.000000682. The van der Waals surface area contributed by atoms with E-state index in [1.165, 1.54) is 27.7 Å². The summed E-state index contributed by atoms with van der Waals surface area (Å²) in [4.78, 5) is 204. The number of carboxylic acid groups (broad SMARTS) is 3. The second-order valence-electron chi connectivity index (χ2n) is 38.2. The highest BCUT2D eigenvalue weighted by molar-refractivity contribution is 8.00. The van der Waals surface area contributed by atoms with Crippen LogP contribution >= 0.6 is 24.4 Å². The first kappa shape index (κ1) is 123. The molecule has 0 aromatic heterocycles. The Hall–Kier alpha value is -12.1. The number of urea groups is 1. The van der Waals surface area contributed by atoms with E-state index in [0.717, 1.165) is 49.1 Å². The number of aliphatic hydroxyl groups is 10. The number of ether oxygens (including phenoxy) is 2. The third-order valence-corrected chi connectivity index (χ3v) is 28.0. The molecule has 6 aromatic rings. The molecule has 0 saturated heterocycles. The maximum Gasteiger partial charge on any atom is 0.319 e. The van der Waals surface area contributed by atoms with Gasteiger partial charge in [-0.15, -0.1) is 11.8 Å². The van der Waals surface area contributed by atoms with E-state index in [0.29, 0.717) is 50.2 Å². The molecule has 8 rings (SSSR count). The molecule has 8 amide bonds. The number of fused-ring (bicyclic) bond motifs is 1. The van der Waals surface area contributed by atoms with E-state index in [2.05, 4.69) is 128 Å². The van der Waals surface area contributed by atoms with Gasteiger partial charge in [0.2, 0.25) is 23.6 Å². The van der Waals surface area contributed by atoms with Gasteiger partial charge in [-0.1, -0.05) is 188 Å². The number of anilines is 3. The maximum atomic E-state index is 14.5. The van der Waals surface area contributed by atoms with Crippen LogP contribution in [-0.2, 0) is 78.4 Å². The van der Waals surface area contributed by atoms with Crippen LogP contribution in [0.1, 0.15) is 208 Å². The molecule has 148 heavy (non-hydrogen) atoms. The summed E-state index contributed by atoms with van der Waals surface area (Å²) in [5.74, 6) is -16.2. The fraction of sp³-hybridized carbons (Fsp3) is 0.523. The number of hydrogen-bond donors (Lipinski definition) is 21. The molecule has 0 bridgehead atoms. The van der Waals surface area contributed by atoms with E-state index < -0.39 is 269 Å². The van der Waals surface area contributed by atoms with Crippen LogP contribution in [0.2, 0.25) is 0 Å². The van der Waals surface area contributed by atoms with Gasteiger partial charge < -0.3 is 123 Å². The number of ketones is 4. The fourth-order valence-electron chi connectivity index (χ4n) is 16.9. The number of amides is 8. The molecule has 39 nitrogen and oxygen atoms in total. The van der Waals surface area contributed by atoms with Crippen molar-refractivity contribution in [3.63, 3.8) is 0 Å². The predicted octanol–water partition coefficient (Wildman–Crippen LogP) is 6.64. The molecule has 41 heteroatoms. The quantitative estimate of drug-likeness (QED) is 0.00823. The number of Topliss-reactive ketones (excluding diaryl/α,β-unsaturated/α-hetero) is 4. The number of nitrogens with one attached hydrogen (secondary N) is 7. The number of thiol groups is 1. The van der Waals surface area contributed by atoms with Gasteiger partial charge in [-0.05, 0) is 123 Å². The van der Waals surface area contributed by atoms with Gasteiger partial charge in [0.15, 0.2) is 17.3 Å². The number of thioether (sulfide) groups is 1. The van der Waals surface area contributed by atoms with Crippen LogP contribution in [0, 0.1) is 29.1 Å². The lowest BCUT2D eigenvalue weighted by Crippen LogP contribution is -2.55. The van der Waals surface area contributed by atoms with Gasteiger partial charge in [0.25, 0.3) is 11.8 Å². The molecule has 810 valence electrons. The van der Waals surface area contributed by atoms with Crippen molar-refractivity contribution in [3.8, 4) is 5.75 Å². The first-order chi connectivity index (χ1) is 70.5. The molecule has 15 atom stereocenters. The highest BCUT2D eigenvalue weighted by Crippen LogP contribution is 2.49. The molecule has 1 saturated carbocycles. The lowest BCUT2D eigenvalue weighted by molar-refractivity contribution is -0.148. The minimum atomic E-state index is -2.11. The van der Waals surface area contributed by atoms with E-state index in [1.54, 1.807) is 50.7 Å². The Morgan fingerprint density at radius 1 is 0.527 bits per heavy atom. The SMILES string of the molecule is CC(C)(C)C(=O)CN1C(=O)[C@H](NC(=O)Nc2cccc(C(=O)NCCCCCCCC(=O)C[C@H](CCC(=O)O)C(=O)N[C@H](CCC(=O)NC[C@H](O)[C@@H](O)[C@H](O)[C@H](O)CO)C(=O)C[C@H](CCC(=O)O)C(=O)N[C@H](CCC(=O)NC[C@H](O)[C@@H](O)[C@H](O)[C@H](O)CO)C(=O)C[C@@H](CS)C(=O)O)c2)CN(C2CCCCC2)c2ccccc21.CCOc1ccc(COC(=O)C(C)CSC(c2ccccc2)(c2ccccc2)c2ccccc2)cc1. The predicted molar refractivity (Wildman–Crippen MR) is 553 cm³/mol. The second-order valence-corrected chi connectivity index (χ2v) is 39.8. The molecule has 0 radical (unpaired) electrons. The lowest BCUT2D eigenvalue weighted by Gasteiger charge is -2.37. The molecular weight excluding hydrogens is 1960 g/mol. The van der Waals surface area contributed by atoms with Crippen LogP contribution in [0.3, 0.4) is 0 Å². The highest BCUT2D eigenvalue weighted by atomic mass is 32.2. The fourth-order valence-corrected chi connectivity index (χ4v) is 18.8. The summed E-state index contributed by atoms with van der Waals surface area (Å²) in [6, 6.07) is 47.7. The number of aliphatic carboxylic acids is 3. The Kier molecular flexibility index (Phi) is 52.3. The van der Waals surface area contributed by atoms with E-state index in [9.17, 15) is 128 Å².